The number of nitrogens with zero attached hydrogens (tertiary/aromatic N) is 5. The summed E-state index contributed by atoms with van der Waals surface area (Å²) >= 11 is 6.73. The Hall–Kier alpha value is -3.50. The minimum Gasteiger partial charge on any atom is -0.350 e. The number of hydrogen-bond acceptors (Lipinski definition) is 7. The first-order valence-corrected chi connectivity index (χ1v) is 10.3. The van der Waals surface area contributed by atoms with Crippen molar-refractivity contribution in [2.45, 2.75) is 0 Å². The second kappa shape index (κ2) is 9.11. The van der Waals surface area contributed by atoms with Gasteiger partial charge >= 0.3 is 0 Å². The van der Waals surface area contributed by atoms with Crippen LogP contribution in [-0.2, 0) is 4.79 Å². The number of thioether (sulfide) groups is 1. The van der Waals surface area contributed by atoms with Gasteiger partial charge in [0.05, 0.1) is 10.6 Å². The first-order valence-electron chi connectivity index (χ1n) is 9.14. The van der Waals surface area contributed by atoms with Gasteiger partial charge in [-0.05, 0) is 70.2 Å². The molecule has 9 nitrogen and oxygen atoms in total. The van der Waals surface area contributed by atoms with Crippen LogP contribution in [0.15, 0.2) is 59.8 Å². The van der Waals surface area contributed by atoms with E-state index in [0.29, 0.717) is 21.2 Å². The Bertz CT molecular complexity index is 1150. The van der Waals surface area contributed by atoms with E-state index in [9.17, 15) is 14.4 Å². The molecule has 11 heteroatoms. The molecule has 156 valence electrons. The van der Waals surface area contributed by atoms with Crippen LogP contribution in [-0.4, -0.2) is 55.3 Å². The van der Waals surface area contributed by atoms with Gasteiger partial charge in [-0.15, -0.1) is 5.10 Å². The molecule has 0 unspecified atom stereocenters. The second-order valence-corrected chi connectivity index (χ2v) is 7.87. The normalized spacial score (nSPS) is 15.0. The van der Waals surface area contributed by atoms with Gasteiger partial charge in [-0.2, -0.15) is 0 Å². The third-order valence-corrected chi connectivity index (χ3v) is 5.56. The summed E-state index contributed by atoms with van der Waals surface area (Å²) in [6, 6.07) is 13.7. The smallest absolute Gasteiger partial charge is 0.293 e. The molecule has 0 saturated carbocycles. The van der Waals surface area contributed by atoms with Crippen molar-refractivity contribution in [2.24, 2.45) is 0 Å². The minimum absolute atomic E-state index is 0.0804. The molecule has 31 heavy (non-hydrogen) atoms. The molecule has 4 rings (SSSR count). The van der Waals surface area contributed by atoms with Crippen LogP contribution in [0.25, 0.3) is 11.8 Å². The highest BCUT2D eigenvalue weighted by molar-refractivity contribution is 8.18. The molecule has 1 aliphatic rings. The molecule has 1 saturated heterocycles. The Morgan fingerprint density at radius 3 is 2.52 bits per heavy atom. The van der Waals surface area contributed by atoms with Gasteiger partial charge in [0, 0.05) is 23.7 Å². The zero-order chi connectivity index (χ0) is 21.8. The van der Waals surface area contributed by atoms with Crippen LogP contribution < -0.4 is 5.32 Å². The summed E-state index contributed by atoms with van der Waals surface area (Å²) in [5.41, 5.74) is 1.92. The predicted molar refractivity (Wildman–Crippen MR) is 116 cm³/mol. The molecule has 1 fully saturated rings. The fourth-order valence-corrected chi connectivity index (χ4v) is 3.82. The lowest BCUT2D eigenvalue weighted by Gasteiger charge is -2.13. The standard InChI is InChI=1S/C20H15ClN6O3S/c21-15-5-1-13(2-6-15)11-17-19(29)26(20(30)31-17)10-9-22-18(28)14-3-7-16(8-4-14)27-12-23-24-25-27/h1-8,11-12H,9-10H2,(H,22,28)/b17-11+. The van der Waals surface area contributed by atoms with Crippen LogP contribution in [0.2, 0.25) is 5.02 Å². The van der Waals surface area contributed by atoms with Crippen molar-refractivity contribution in [3.8, 4) is 5.69 Å². The molecule has 1 N–H and O–H groups in total. The molecule has 2 heterocycles. The average molecular weight is 455 g/mol. The van der Waals surface area contributed by atoms with Crippen LogP contribution in [0.4, 0.5) is 4.79 Å². The van der Waals surface area contributed by atoms with Gasteiger partial charge in [0.25, 0.3) is 17.1 Å². The van der Waals surface area contributed by atoms with Crippen LogP contribution in [0.5, 0.6) is 0 Å². The van der Waals surface area contributed by atoms with Gasteiger partial charge in [0.15, 0.2) is 0 Å². The molecule has 3 amide bonds. The van der Waals surface area contributed by atoms with Crippen molar-refractivity contribution in [1.29, 1.82) is 0 Å². The van der Waals surface area contributed by atoms with Gasteiger partial charge in [-0.3, -0.25) is 19.3 Å². The average Bonchev–Trinajstić information content (AvgIpc) is 3.40. The van der Waals surface area contributed by atoms with E-state index in [2.05, 4.69) is 20.8 Å². The van der Waals surface area contributed by atoms with E-state index in [1.165, 1.54) is 11.0 Å². The van der Waals surface area contributed by atoms with Gasteiger partial charge < -0.3 is 5.32 Å². The van der Waals surface area contributed by atoms with Crippen molar-refractivity contribution in [3.05, 3.63) is 75.9 Å². The molecule has 0 spiro atoms. The molecule has 1 aromatic heterocycles. The first kappa shape index (κ1) is 20.8. The Morgan fingerprint density at radius 1 is 1.10 bits per heavy atom. The fourth-order valence-electron chi connectivity index (χ4n) is 2.83. The maximum atomic E-state index is 12.5. The summed E-state index contributed by atoms with van der Waals surface area (Å²) < 4.78 is 1.47. The van der Waals surface area contributed by atoms with E-state index >= 15 is 0 Å². The largest absolute Gasteiger partial charge is 0.350 e. The number of hydrogen-bond donors (Lipinski definition) is 1. The fraction of sp³-hybridized carbons (Fsp3) is 0.100. The van der Waals surface area contributed by atoms with Crippen molar-refractivity contribution < 1.29 is 14.4 Å². The molecule has 3 aromatic rings. The maximum Gasteiger partial charge on any atom is 0.293 e. The van der Waals surface area contributed by atoms with E-state index in [1.807, 2.05) is 0 Å². The summed E-state index contributed by atoms with van der Waals surface area (Å²) in [6.07, 6.45) is 3.10. The number of carbonyl (C=O) groups excluding carboxylic acids is 3. The number of rotatable bonds is 6. The SMILES string of the molecule is O=C(NCCN1C(=O)S/C(=C/c2ccc(Cl)cc2)C1=O)c1ccc(-n2cnnn2)cc1. The summed E-state index contributed by atoms with van der Waals surface area (Å²) in [5.74, 6) is -0.697. The van der Waals surface area contributed by atoms with Crippen molar-refractivity contribution >= 4 is 46.5 Å². The molecular formula is C20H15ClN6O3S. The van der Waals surface area contributed by atoms with Gasteiger partial charge in [-0.25, -0.2) is 4.68 Å². The van der Waals surface area contributed by atoms with E-state index in [0.717, 1.165) is 22.2 Å². The van der Waals surface area contributed by atoms with Crippen LogP contribution in [0, 0.1) is 0 Å². The van der Waals surface area contributed by atoms with Crippen LogP contribution in [0.3, 0.4) is 0 Å². The van der Waals surface area contributed by atoms with Crippen molar-refractivity contribution in [3.63, 3.8) is 0 Å². The van der Waals surface area contributed by atoms with Crippen LogP contribution >= 0.6 is 23.4 Å². The van der Waals surface area contributed by atoms with Crippen LogP contribution in [0.1, 0.15) is 15.9 Å². The Morgan fingerprint density at radius 2 is 1.84 bits per heavy atom. The Kier molecular flexibility index (Phi) is 6.10. The molecule has 0 bridgehead atoms. The molecule has 0 aliphatic carbocycles. The third-order valence-electron chi connectivity index (χ3n) is 4.41. The summed E-state index contributed by atoms with van der Waals surface area (Å²) in [5, 5.41) is 13.8. The Labute approximate surface area is 186 Å². The highest BCUT2D eigenvalue weighted by Crippen LogP contribution is 2.32. The number of aromatic nitrogens is 4. The second-order valence-electron chi connectivity index (χ2n) is 6.44. The lowest BCUT2D eigenvalue weighted by molar-refractivity contribution is -0.122. The highest BCUT2D eigenvalue weighted by atomic mass is 35.5. The predicted octanol–water partition coefficient (Wildman–Crippen LogP) is 2.78. The van der Waals surface area contributed by atoms with E-state index in [1.54, 1.807) is 54.6 Å². The summed E-state index contributed by atoms with van der Waals surface area (Å²) in [7, 11) is 0. The third kappa shape index (κ3) is 4.81. The number of halogens is 1. The minimum atomic E-state index is -0.384. The highest BCUT2D eigenvalue weighted by Gasteiger charge is 2.34. The number of nitrogens with one attached hydrogen (secondary N) is 1. The molecule has 0 atom stereocenters. The van der Waals surface area contributed by atoms with Gasteiger partial charge in [0.1, 0.15) is 6.33 Å². The molecule has 0 radical (unpaired) electrons. The quantitative estimate of drug-likeness (QED) is 0.570. The topological polar surface area (TPSA) is 110 Å². The number of amides is 3. The zero-order valence-electron chi connectivity index (χ0n) is 15.9. The molecular weight excluding hydrogens is 440 g/mol. The lowest BCUT2D eigenvalue weighted by Crippen LogP contribution is -2.37. The molecule has 1 aliphatic heterocycles. The van der Waals surface area contributed by atoms with Gasteiger partial charge in [-0.1, -0.05) is 23.7 Å². The zero-order valence-corrected chi connectivity index (χ0v) is 17.5. The molecule has 2 aromatic carbocycles. The van der Waals surface area contributed by atoms with Crippen molar-refractivity contribution in [1.82, 2.24) is 30.4 Å². The number of benzene rings is 2. The van der Waals surface area contributed by atoms with E-state index < -0.39 is 0 Å². The first-order chi connectivity index (χ1) is 15.0. The van der Waals surface area contributed by atoms with E-state index in [-0.39, 0.29) is 30.1 Å². The summed E-state index contributed by atoms with van der Waals surface area (Å²) in [6.45, 7) is 0.219. The number of imide groups is 1. The van der Waals surface area contributed by atoms with Crippen molar-refractivity contribution in [2.75, 3.05) is 13.1 Å². The number of tetrazole rings is 1. The summed E-state index contributed by atoms with van der Waals surface area (Å²) in [4.78, 5) is 38.5. The number of carbonyl (C=O) groups is 3. The maximum absolute atomic E-state index is 12.5. The Balaban J connectivity index is 1.32. The lowest BCUT2D eigenvalue weighted by atomic mass is 10.2. The van der Waals surface area contributed by atoms with E-state index in [4.69, 9.17) is 11.6 Å². The van der Waals surface area contributed by atoms with Gasteiger partial charge in [0.2, 0.25) is 0 Å². The monoisotopic (exact) mass is 454 g/mol.